The van der Waals surface area contributed by atoms with Crippen molar-refractivity contribution < 1.29 is 33.6 Å². The average molecular weight is 544 g/mol. The van der Waals surface area contributed by atoms with E-state index >= 15 is 0 Å². The summed E-state index contributed by atoms with van der Waals surface area (Å²) in [7, 11) is 0. The molecule has 2 atom stereocenters. The highest BCUT2D eigenvalue weighted by molar-refractivity contribution is 5.97. The van der Waals surface area contributed by atoms with Crippen LogP contribution in [0.15, 0.2) is 48.5 Å². The maximum absolute atomic E-state index is 12.9. The molecule has 13 heteroatoms. The fourth-order valence-corrected chi connectivity index (χ4v) is 3.21. The summed E-state index contributed by atoms with van der Waals surface area (Å²) in [6.07, 6.45) is -0.281. The van der Waals surface area contributed by atoms with Crippen molar-refractivity contribution in [3.8, 4) is 5.75 Å². The summed E-state index contributed by atoms with van der Waals surface area (Å²) in [5.41, 5.74) is 6.01. The smallest absolute Gasteiger partial charge is 0.429 e. The van der Waals surface area contributed by atoms with Crippen LogP contribution in [0.2, 0.25) is 0 Å². The SMILES string of the molecule is CC(C)[C@H](C)C(=O)N[C@@H](CCCNC(N)=O)C(=O)Nc1ccc(COC(=O)Oc2ccc([N+](=O)[O-])cc2)cc1. The zero-order valence-corrected chi connectivity index (χ0v) is 22.0. The number of nitro groups is 1. The number of nitro benzene ring substituents is 1. The van der Waals surface area contributed by atoms with Crippen molar-refractivity contribution in [2.24, 2.45) is 17.6 Å². The minimum absolute atomic E-state index is 0.0893. The Bertz CT molecular complexity index is 1150. The standard InChI is InChI=1S/C26H33N5O8/c1-16(2)17(3)23(32)30-22(5-4-14-28-25(27)34)24(33)29-19-8-6-18(7-9-19)15-38-26(35)39-21-12-10-20(11-13-21)31(36)37/h6-13,16-17,22H,4-5,14-15H2,1-3H3,(H,29,33)(H,30,32)(H3,27,28,34)/t17-,22-/m0/s1. The Kier molecular flexibility index (Phi) is 11.7. The number of nitrogens with zero attached hydrogens (tertiary/aromatic N) is 1. The Morgan fingerprint density at radius 2 is 1.62 bits per heavy atom. The van der Waals surface area contributed by atoms with Gasteiger partial charge in [-0.2, -0.15) is 0 Å². The lowest BCUT2D eigenvalue weighted by Crippen LogP contribution is -2.46. The molecule has 2 aromatic carbocycles. The molecule has 5 N–H and O–H groups in total. The van der Waals surface area contributed by atoms with Crippen LogP contribution in [0.25, 0.3) is 0 Å². The molecule has 0 radical (unpaired) electrons. The first-order valence-corrected chi connectivity index (χ1v) is 12.3. The minimum Gasteiger partial charge on any atom is -0.429 e. The molecule has 0 aliphatic carbocycles. The number of ether oxygens (including phenoxy) is 2. The molecule has 0 saturated heterocycles. The zero-order chi connectivity index (χ0) is 28.9. The molecule has 0 saturated carbocycles. The summed E-state index contributed by atoms with van der Waals surface area (Å²) >= 11 is 0. The lowest BCUT2D eigenvalue weighted by Gasteiger charge is -2.22. The van der Waals surface area contributed by atoms with Gasteiger partial charge in [0.2, 0.25) is 11.8 Å². The molecule has 13 nitrogen and oxygen atoms in total. The quantitative estimate of drug-likeness (QED) is 0.0969. The summed E-state index contributed by atoms with van der Waals surface area (Å²) in [5, 5.41) is 18.7. The van der Waals surface area contributed by atoms with E-state index in [9.17, 15) is 29.3 Å². The molecule has 2 rings (SSSR count). The molecule has 39 heavy (non-hydrogen) atoms. The van der Waals surface area contributed by atoms with Gasteiger partial charge in [0, 0.05) is 30.3 Å². The first kappa shape index (κ1) is 30.5. The van der Waals surface area contributed by atoms with E-state index in [0.717, 1.165) is 0 Å². The van der Waals surface area contributed by atoms with Crippen molar-refractivity contribution in [3.05, 3.63) is 64.2 Å². The van der Waals surface area contributed by atoms with Crippen LogP contribution in [-0.2, 0) is 20.9 Å². The number of primary amides is 1. The van der Waals surface area contributed by atoms with E-state index < -0.39 is 29.1 Å². The second-order valence-electron chi connectivity index (χ2n) is 9.11. The van der Waals surface area contributed by atoms with Crippen molar-refractivity contribution in [2.45, 2.75) is 46.3 Å². The largest absolute Gasteiger partial charge is 0.514 e. The molecule has 0 heterocycles. The maximum Gasteiger partial charge on any atom is 0.514 e. The Morgan fingerprint density at radius 1 is 0.974 bits per heavy atom. The molecule has 4 amide bonds. The van der Waals surface area contributed by atoms with Crippen LogP contribution in [0, 0.1) is 22.0 Å². The number of carbonyl (C=O) groups excluding carboxylic acids is 4. The first-order chi connectivity index (χ1) is 18.5. The van der Waals surface area contributed by atoms with Crippen molar-refractivity contribution in [1.82, 2.24) is 10.6 Å². The number of carbonyl (C=O) groups is 4. The van der Waals surface area contributed by atoms with Crippen LogP contribution >= 0.6 is 0 Å². The molecule has 0 bridgehead atoms. The lowest BCUT2D eigenvalue weighted by atomic mass is 9.96. The Labute approximate surface area is 225 Å². The Morgan fingerprint density at radius 3 is 2.18 bits per heavy atom. The van der Waals surface area contributed by atoms with Crippen LogP contribution < -0.4 is 26.4 Å². The number of nitrogens with one attached hydrogen (secondary N) is 3. The van der Waals surface area contributed by atoms with Crippen molar-refractivity contribution in [1.29, 1.82) is 0 Å². The van der Waals surface area contributed by atoms with E-state index in [1.807, 2.05) is 13.8 Å². The van der Waals surface area contributed by atoms with Gasteiger partial charge in [0.1, 0.15) is 18.4 Å². The molecule has 0 aliphatic rings. The van der Waals surface area contributed by atoms with Gasteiger partial charge >= 0.3 is 12.2 Å². The summed E-state index contributed by atoms with van der Waals surface area (Å²) in [6, 6.07) is 9.98. The molecule has 0 unspecified atom stereocenters. The highest BCUT2D eigenvalue weighted by Gasteiger charge is 2.25. The second-order valence-corrected chi connectivity index (χ2v) is 9.11. The van der Waals surface area contributed by atoms with Gasteiger partial charge in [-0.3, -0.25) is 19.7 Å². The normalized spacial score (nSPS) is 12.1. The van der Waals surface area contributed by atoms with Gasteiger partial charge in [-0.25, -0.2) is 9.59 Å². The van der Waals surface area contributed by atoms with Gasteiger partial charge in [0.25, 0.3) is 5.69 Å². The third-order valence-electron chi connectivity index (χ3n) is 5.84. The predicted molar refractivity (Wildman–Crippen MR) is 142 cm³/mol. The van der Waals surface area contributed by atoms with E-state index in [2.05, 4.69) is 16.0 Å². The highest BCUT2D eigenvalue weighted by atomic mass is 16.7. The summed E-state index contributed by atoms with van der Waals surface area (Å²) in [5.74, 6) is -0.782. The van der Waals surface area contributed by atoms with E-state index in [0.29, 0.717) is 17.7 Å². The molecule has 0 spiro atoms. The molecular weight excluding hydrogens is 510 g/mol. The third kappa shape index (κ3) is 10.7. The topological polar surface area (TPSA) is 192 Å². The van der Waals surface area contributed by atoms with Gasteiger partial charge < -0.3 is 31.2 Å². The minimum atomic E-state index is -0.985. The Hall–Kier alpha value is -4.68. The average Bonchev–Trinajstić information content (AvgIpc) is 2.89. The fourth-order valence-electron chi connectivity index (χ4n) is 3.21. The van der Waals surface area contributed by atoms with E-state index in [-0.39, 0.29) is 48.8 Å². The third-order valence-corrected chi connectivity index (χ3v) is 5.84. The number of nitrogens with two attached hydrogens (primary N) is 1. The van der Waals surface area contributed by atoms with E-state index in [4.69, 9.17) is 15.2 Å². The number of hydrogen-bond donors (Lipinski definition) is 4. The number of amides is 4. The number of anilines is 1. The Balaban J connectivity index is 1.91. The lowest BCUT2D eigenvalue weighted by molar-refractivity contribution is -0.384. The fraction of sp³-hybridized carbons (Fsp3) is 0.385. The molecule has 0 fully saturated rings. The van der Waals surface area contributed by atoms with Crippen molar-refractivity contribution in [2.75, 3.05) is 11.9 Å². The summed E-state index contributed by atoms with van der Waals surface area (Å²) < 4.78 is 10.0. The van der Waals surface area contributed by atoms with Crippen LogP contribution in [0.3, 0.4) is 0 Å². The van der Waals surface area contributed by atoms with Crippen LogP contribution in [0.4, 0.5) is 21.0 Å². The van der Waals surface area contributed by atoms with Crippen LogP contribution in [0.5, 0.6) is 5.75 Å². The second kappa shape index (κ2) is 14.9. The van der Waals surface area contributed by atoms with Crippen molar-refractivity contribution in [3.63, 3.8) is 0 Å². The molecular formula is C26H33N5O8. The first-order valence-electron chi connectivity index (χ1n) is 12.3. The van der Waals surface area contributed by atoms with Gasteiger partial charge in [-0.05, 0) is 48.6 Å². The van der Waals surface area contributed by atoms with E-state index in [1.165, 1.54) is 24.3 Å². The maximum atomic E-state index is 12.9. The van der Waals surface area contributed by atoms with Crippen LogP contribution in [-0.4, -0.2) is 41.5 Å². The number of urea groups is 1. The molecule has 0 aliphatic heterocycles. The molecule has 0 aromatic heterocycles. The van der Waals surface area contributed by atoms with Gasteiger partial charge in [-0.15, -0.1) is 0 Å². The van der Waals surface area contributed by atoms with Gasteiger partial charge in [0.05, 0.1) is 4.92 Å². The van der Waals surface area contributed by atoms with Gasteiger partial charge in [0.15, 0.2) is 0 Å². The summed E-state index contributed by atoms with van der Waals surface area (Å²) in [4.78, 5) is 58.4. The number of non-ortho nitro benzene ring substituents is 1. The zero-order valence-electron chi connectivity index (χ0n) is 22.0. The van der Waals surface area contributed by atoms with Crippen molar-refractivity contribution >= 4 is 35.4 Å². The number of hydrogen-bond acceptors (Lipinski definition) is 8. The van der Waals surface area contributed by atoms with Gasteiger partial charge in [-0.1, -0.05) is 32.9 Å². The van der Waals surface area contributed by atoms with Crippen LogP contribution in [0.1, 0.15) is 39.2 Å². The monoisotopic (exact) mass is 543 g/mol. The number of benzene rings is 2. The highest BCUT2D eigenvalue weighted by Crippen LogP contribution is 2.18. The van der Waals surface area contributed by atoms with E-state index in [1.54, 1.807) is 31.2 Å². The summed E-state index contributed by atoms with van der Waals surface area (Å²) in [6.45, 7) is 5.76. The molecule has 2 aromatic rings. The number of rotatable bonds is 13. The predicted octanol–water partition coefficient (Wildman–Crippen LogP) is 3.47. The molecule has 210 valence electrons.